The van der Waals surface area contributed by atoms with E-state index in [1.54, 1.807) is 0 Å². The molecular formula is C4H9N3O. The molecule has 0 saturated carbocycles. The highest BCUT2D eigenvalue weighted by molar-refractivity contribution is 6.37. The first kappa shape index (κ1) is 6.94. The minimum atomic E-state index is -0.340. The molecule has 4 heteroatoms. The molecule has 0 aromatic rings. The molecule has 46 valence electrons. The first-order valence-electron chi connectivity index (χ1n) is 2.16. The third-order valence-corrected chi connectivity index (χ3v) is 0.701. The molecule has 0 heterocycles. The summed E-state index contributed by atoms with van der Waals surface area (Å²) in [6.07, 6.45) is 0. The quantitative estimate of drug-likeness (QED) is 0.305. The largest absolute Gasteiger partial charge is 0.379 e. The minimum Gasteiger partial charge on any atom is -0.379 e. The molecule has 0 aliphatic carbocycles. The van der Waals surface area contributed by atoms with Crippen molar-refractivity contribution in [3.05, 3.63) is 0 Å². The number of rotatable bonds is 0. The van der Waals surface area contributed by atoms with Crippen LogP contribution in [0.4, 0.5) is 0 Å². The lowest BCUT2D eigenvalue weighted by Crippen LogP contribution is -2.33. The number of carbonyl (C=O) groups excluding carboxylic acids is 1. The average Bonchev–Trinajstić information content (AvgIpc) is 1.84. The van der Waals surface area contributed by atoms with E-state index in [0.717, 1.165) is 0 Å². The highest BCUT2D eigenvalue weighted by Crippen LogP contribution is 1.62. The van der Waals surface area contributed by atoms with E-state index in [2.05, 4.69) is 10.3 Å². The van der Waals surface area contributed by atoms with Gasteiger partial charge in [0.1, 0.15) is 0 Å². The molecular weight excluding hydrogens is 106 g/mol. The summed E-state index contributed by atoms with van der Waals surface area (Å²) in [4.78, 5) is 13.8. The molecule has 4 nitrogen and oxygen atoms in total. The molecule has 1 amide bonds. The van der Waals surface area contributed by atoms with Crippen molar-refractivity contribution < 1.29 is 4.79 Å². The highest BCUT2D eigenvalue weighted by atomic mass is 16.2. The Morgan fingerprint density at radius 2 is 2.25 bits per heavy atom. The lowest BCUT2D eigenvalue weighted by molar-refractivity contribution is -0.114. The second-order valence-corrected chi connectivity index (χ2v) is 1.19. The fourth-order valence-electron chi connectivity index (χ4n) is 0.230. The van der Waals surface area contributed by atoms with Crippen molar-refractivity contribution in [1.82, 2.24) is 5.32 Å². The van der Waals surface area contributed by atoms with Crippen molar-refractivity contribution in [2.45, 2.75) is 0 Å². The third-order valence-electron chi connectivity index (χ3n) is 0.701. The number of nitrogens with two attached hydrogens (primary N) is 1. The van der Waals surface area contributed by atoms with Gasteiger partial charge in [-0.05, 0) is 0 Å². The van der Waals surface area contributed by atoms with Crippen LogP contribution in [0.3, 0.4) is 0 Å². The van der Waals surface area contributed by atoms with Crippen molar-refractivity contribution >= 4 is 11.7 Å². The van der Waals surface area contributed by atoms with Crippen LogP contribution in [0.1, 0.15) is 0 Å². The normalized spacial score (nSPS) is 11.0. The molecule has 0 saturated heterocycles. The standard InChI is InChI=1S/C4H9N3O/c1-6-3(5)4(8)7-2/h1-2H3,(H2,5,6)(H,7,8). The number of hydrogen-bond donors (Lipinski definition) is 2. The van der Waals surface area contributed by atoms with Gasteiger partial charge < -0.3 is 11.1 Å². The van der Waals surface area contributed by atoms with Gasteiger partial charge in [-0.15, -0.1) is 0 Å². The van der Waals surface area contributed by atoms with E-state index in [1.165, 1.54) is 14.1 Å². The first-order chi connectivity index (χ1) is 3.72. The smallest absolute Gasteiger partial charge is 0.285 e. The lowest BCUT2D eigenvalue weighted by Gasteiger charge is -1.93. The van der Waals surface area contributed by atoms with Crippen LogP contribution in [0.2, 0.25) is 0 Å². The summed E-state index contributed by atoms with van der Waals surface area (Å²) in [7, 11) is 2.96. The Morgan fingerprint density at radius 1 is 1.75 bits per heavy atom. The second-order valence-electron chi connectivity index (χ2n) is 1.19. The third kappa shape index (κ3) is 1.59. The first-order valence-corrected chi connectivity index (χ1v) is 2.16. The number of carbonyl (C=O) groups is 1. The molecule has 0 fully saturated rings. The predicted molar refractivity (Wildman–Crippen MR) is 31.6 cm³/mol. The van der Waals surface area contributed by atoms with E-state index >= 15 is 0 Å². The molecule has 0 bridgehead atoms. The van der Waals surface area contributed by atoms with Crippen molar-refractivity contribution in [3.63, 3.8) is 0 Å². The van der Waals surface area contributed by atoms with Crippen LogP contribution in [0.15, 0.2) is 4.99 Å². The van der Waals surface area contributed by atoms with Crippen LogP contribution in [-0.2, 0) is 4.79 Å². The zero-order valence-electron chi connectivity index (χ0n) is 4.93. The molecule has 0 unspecified atom stereocenters. The zero-order chi connectivity index (χ0) is 6.57. The molecule has 8 heavy (non-hydrogen) atoms. The summed E-state index contributed by atoms with van der Waals surface area (Å²) < 4.78 is 0. The van der Waals surface area contributed by atoms with Crippen molar-refractivity contribution in [2.75, 3.05) is 14.1 Å². The Bertz CT molecular complexity index is 118. The summed E-state index contributed by atoms with van der Waals surface area (Å²) in [5, 5.41) is 2.32. The van der Waals surface area contributed by atoms with Crippen LogP contribution >= 0.6 is 0 Å². The Morgan fingerprint density at radius 3 is 2.38 bits per heavy atom. The molecule has 0 rings (SSSR count). The Labute approximate surface area is 47.8 Å². The molecule has 0 spiro atoms. The van der Waals surface area contributed by atoms with Gasteiger partial charge in [0.15, 0.2) is 5.84 Å². The minimum absolute atomic E-state index is 0.00694. The van der Waals surface area contributed by atoms with Crippen molar-refractivity contribution in [3.8, 4) is 0 Å². The van der Waals surface area contributed by atoms with E-state index in [1.807, 2.05) is 0 Å². The van der Waals surface area contributed by atoms with Gasteiger partial charge in [-0.2, -0.15) is 0 Å². The molecule has 0 aliphatic heterocycles. The number of likely N-dealkylation sites (N-methyl/N-ethyl adjacent to an activating group) is 1. The highest BCUT2D eigenvalue weighted by Gasteiger charge is 1.98. The summed E-state index contributed by atoms with van der Waals surface area (Å²) in [6, 6.07) is 0. The molecule has 0 aromatic carbocycles. The summed E-state index contributed by atoms with van der Waals surface area (Å²) in [6.45, 7) is 0. The Hall–Kier alpha value is -1.06. The molecule has 0 atom stereocenters. The van der Waals surface area contributed by atoms with Gasteiger partial charge in [0.2, 0.25) is 0 Å². The van der Waals surface area contributed by atoms with E-state index < -0.39 is 0 Å². The van der Waals surface area contributed by atoms with Crippen LogP contribution in [0.5, 0.6) is 0 Å². The number of hydrogen-bond acceptors (Lipinski definition) is 2. The second kappa shape index (κ2) is 3.01. The summed E-state index contributed by atoms with van der Waals surface area (Å²) in [5.41, 5.74) is 5.06. The number of amidine groups is 1. The Balaban J connectivity index is 3.83. The molecule has 0 radical (unpaired) electrons. The van der Waals surface area contributed by atoms with E-state index in [0.29, 0.717) is 0 Å². The van der Waals surface area contributed by atoms with Crippen molar-refractivity contribution in [1.29, 1.82) is 0 Å². The summed E-state index contributed by atoms with van der Waals surface area (Å²) >= 11 is 0. The van der Waals surface area contributed by atoms with Gasteiger partial charge in [-0.3, -0.25) is 9.79 Å². The summed E-state index contributed by atoms with van der Waals surface area (Å²) in [5.74, 6) is -0.333. The maximum Gasteiger partial charge on any atom is 0.285 e. The van der Waals surface area contributed by atoms with Crippen LogP contribution < -0.4 is 11.1 Å². The van der Waals surface area contributed by atoms with Gasteiger partial charge in [0.05, 0.1) is 0 Å². The van der Waals surface area contributed by atoms with Crippen LogP contribution in [0, 0.1) is 0 Å². The molecule has 0 aromatic heterocycles. The van der Waals surface area contributed by atoms with Crippen molar-refractivity contribution in [2.24, 2.45) is 10.7 Å². The Kier molecular flexibility index (Phi) is 2.61. The topological polar surface area (TPSA) is 67.5 Å². The van der Waals surface area contributed by atoms with Gasteiger partial charge in [0, 0.05) is 14.1 Å². The van der Waals surface area contributed by atoms with Gasteiger partial charge >= 0.3 is 0 Å². The van der Waals surface area contributed by atoms with Crippen LogP contribution in [0.25, 0.3) is 0 Å². The van der Waals surface area contributed by atoms with E-state index in [9.17, 15) is 4.79 Å². The molecule has 0 aliphatic rings. The number of aliphatic imine (C=N–C) groups is 1. The number of nitrogens with one attached hydrogen (secondary N) is 1. The predicted octanol–water partition coefficient (Wildman–Crippen LogP) is -1.28. The average molecular weight is 115 g/mol. The van der Waals surface area contributed by atoms with Crippen LogP contribution in [-0.4, -0.2) is 25.8 Å². The van der Waals surface area contributed by atoms with E-state index in [4.69, 9.17) is 5.73 Å². The number of nitrogens with zero attached hydrogens (tertiary/aromatic N) is 1. The molecule has 3 N–H and O–H groups in total. The zero-order valence-corrected chi connectivity index (χ0v) is 4.93. The fourth-order valence-corrected chi connectivity index (χ4v) is 0.230. The SMILES string of the molecule is CN=C(N)C(=O)NC. The van der Waals surface area contributed by atoms with Gasteiger partial charge in [0.25, 0.3) is 5.91 Å². The maximum absolute atomic E-state index is 10.4. The number of amides is 1. The van der Waals surface area contributed by atoms with E-state index in [-0.39, 0.29) is 11.7 Å². The maximum atomic E-state index is 10.4. The van der Waals surface area contributed by atoms with Gasteiger partial charge in [-0.1, -0.05) is 0 Å². The van der Waals surface area contributed by atoms with Gasteiger partial charge in [-0.25, -0.2) is 0 Å². The fraction of sp³-hybridized carbons (Fsp3) is 0.500. The lowest BCUT2D eigenvalue weighted by atomic mass is 10.6. The monoisotopic (exact) mass is 115 g/mol.